The van der Waals surface area contributed by atoms with Crippen LogP contribution >= 0.6 is 11.6 Å². The molecule has 0 aliphatic carbocycles. The number of rotatable bonds is 1. The van der Waals surface area contributed by atoms with E-state index in [-0.39, 0.29) is 5.75 Å². The van der Waals surface area contributed by atoms with E-state index in [4.69, 9.17) is 11.6 Å². The standard InChI is InChI=1S/C10H13ClO2/c1-6-4-5-7(10(2,3)13)9(12)8(6)11/h4-5,12-13H,1-3H3. The molecule has 0 saturated carbocycles. The highest BCUT2D eigenvalue weighted by molar-refractivity contribution is 6.32. The zero-order valence-electron chi connectivity index (χ0n) is 7.93. The highest BCUT2D eigenvalue weighted by Crippen LogP contribution is 2.36. The van der Waals surface area contributed by atoms with Gasteiger partial charge < -0.3 is 10.2 Å². The van der Waals surface area contributed by atoms with Crippen LogP contribution in [0.1, 0.15) is 25.0 Å². The van der Waals surface area contributed by atoms with E-state index in [1.807, 2.05) is 0 Å². The van der Waals surface area contributed by atoms with E-state index in [1.54, 1.807) is 32.9 Å². The van der Waals surface area contributed by atoms with Crippen LogP contribution in [0.25, 0.3) is 0 Å². The molecule has 0 fully saturated rings. The molecule has 1 aromatic rings. The Balaban J connectivity index is 3.35. The Morgan fingerprint density at radius 1 is 1.31 bits per heavy atom. The molecule has 0 radical (unpaired) electrons. The van der Waals surface area contributed by atoms with E-state index < -0.39 is 5.60 Å². The number of aromatic hydroxyl groups is 1. The van der Waals surface area contributed by atoms with Crippen molar-refractivity contribution >= 4 is 11.6 Å². The largest absolute Gasteiger partial charge is 0.506 e. The maximum atomic E-state index is 9.67. The molecule has 0 amide bonds. The molecule has 0 bridgehead atoms. The lowest BCUT2D eigenvalue weighted by atomic mass is 9.96. The molecule has 0 heterocycles. The fraction of sp³-hybridized carbons (Fsp3) is 0.400. The topological polar surface area (TPSA) is 40.5 Å². The Bertz CT molecular complexity index is 326. The van der Waals surface area contributed by atoms with Gasteiger partial charge >= 0.3 is 0 Å². The molecule has 0 atom stereocenters. The van der Waals surface area contributed by atoms with Gasteiger partial charge in [-0.05, 0) is 26.3 Å². The van der Waals surface area contributed by atoms with Gasteiger partial charge in [0.15, 0.2) is 0 Å². The third-order valence-electron chi connectivity index (χ3n) is 1.97. The van der Waals surface area contributed by atoms with Gasteiger partial charge in [-0.15, -0.1) is 0 Å². The first-order valence-corrected chi connectivity index (χ1v) is 4.42. The van der Waals surface area contributed by atoms with Crippen LogP contribution < -0.4 is 0 Å². The number of phenolic OH excluding ortho intramolecular Hbond substituents is 1. The zero-order chi connectivity index (χ0) is 10.2. The van der Waals surface area contributed by atoms with Gasteiger partial charge in [0.1, 0.15) is 5.75 Å². The molecule has 0 saturated heterocycles. The van der Waals surface area contributed by atoms with Crippen LogP contribution in [-0.2, 0) is 5.60 Å². The van der Waals surface area contributed by atoms with Gasteiger partial charge in [-0.25, -0.2) is 0 Å². The Hall–Kier alpha value is -0.730. The number of aliphatic hydroxyl groups is 1. The third-order valence-corrected chi connectivity index (χ3v) is 2.45. The molecule has 0 aliphatic heterocycles. The predicted molar refractivity (Wildman–Crippen MR) is 53.1 cm³/mol. The van der Waals surface area contributed by atoms with E-state index in [2.05, 4.69) is 0 Å². The second-order valence-corrected chi connectivity index (χ2v) is 4.03. The van der Waals surface area contributed by atoms with Crippen molar-refractivity contribution in [3.05, 3.63) is 28.3 Å². The van der Waals surface area contributed by atoms with Crippen molar-refractivity contribution in [2.75, 3.05) is 0 Å². The fourth-order valence-corrected chi connectivity index (χ4v) is 1.32. The highest BCUT2D eigenvalue weighted by atomic mass is 35.5. The average molecular weight is 201 g/mol. The average Bonchev–Trinajstić information content (AvgIpc) is 1.98. The molecule has 3 heteroatoms. The summed E-state index contributed by atoms with van der Waals surface area (Å²) >= 11 is 5.83. The van der Waals surface area contributed by atoms with Crippen LogP contribution in [0.3, 0.4) is 0 Å². The van der Waals surface area contributed by atoms with E-state index >= 15 is 0 Å². The van der Waals surface area contributed by atoms with Crippen molar-refractivity contribution in [2.24, 2.45) is 0 Å². The Kier molecular flexibility index (Phi) is 2.55. The summed E-state index contributed by atoms with van der Waals surface area (Å²) in [5.41, 5.74) is 0.178. The second-order valence-electron chi connectivity index (χ2n) is 3.65. The van der Waals surface area contributed by atoms with E-state index in [0.717, 1.165) is 5.56 Å². The molecule has 0 aliphatic rings. The number of phenols is 1. The molecule has 1 aromatic carbocycles. The Morgan fingerprint density at radius 2 is 1.85 bits per heavy atom. The first kappa shape index (κ1) is 10.4. The summed E-state index contributed by atoms with van der Waals surface area (Å²) in [6, 6.07) is 3.45. The summed E-state index contributed by atoms with van der Waals surface area (Å²) in [6.45, 7) is 5.01. The van der Waals surface area contributed by atoms with E-state index in [9.17, 15) is 10.2 Å². The van der Waals surface area contributed by atoms with Crippen molar-refractivity contribution in [3.63, 3.8) is 0 Å². The SMILES string of the molecule is Cc1ccc(C(C)(C)O)c(O)c1Cl. The van der Waals surface area contributed by atoms with Crippen molar-refractivity contribution in [2.45, 2.75) is 26.4 Å². The monoisotopic (exact) mass is 200 g/mol. The second kappa shape index (κ2) is 3.20. The van der Waals surface area contributed by atoms with E-state index in [1.165, 1.54) is 0 Å². The summed E-state index contributed by atoms with van der Waals surface area (Å²) in [5, 5.41) is 19.6. The molecule has 13 heavy (non-hydrogen) atoms. The summed E-state index contributed by atoms with van der Waals surface area (Å²) < 4.78 is 0. The molecular formula is C10H13ClO2. The molecule has 2 nitrogen and oxygen atoms in total. The minimum absolute atomic E-state index is 0.0332. The zero-order valence-corrected chi connectivity index (χ0v) is 8.68. The number of hydrogen-bond acceptors (Lipinski definition) is 2. The first-order valence-electron chi connectivity index (χ1n) is 4.05. The predicted octanol–water partition coefficient (Wildman–Crippen LogP) is 2.58. The Morgan fingerprint density at radius 3 is 2.31 bits per heavy atom. The molecule has 72 valence electrons. The maximum absolute atomic E-state index is 9.67. The lowest BCUT2D eigenvalue weighted by molar-refractivity contribution is 0.0758. The van der Waals surface area contributed by atoms with Gasteiger partial charge in [0.25, 0.3) is 0 Å². The molecule has 1 rings (SSSR count). The maximum Gasteiger partial charge on any atom is 0.140 e. The molecule has 0 aromatic heterocycles. The summed E-state index contributed by atoms with van der Waals surface area (Å²) in [7, 11) is 0. The van der Waals surface area contributed by atoms with Crippen LogP contribution in [0.2, 0.25) is 5.02 Å². The quantitative estimate of drug-likeness (QED) is 0.732. The number of hydrogen-bond donors (Lipinski definition) is 2. The van der Waals surface area contributed by atoms with Crippen molar-refractivity contribution in [3.8, 4) is 5.75 Å². The molecular weight excluding hydrogens is 188 g/mol. The normalized spacial score (nSPS) is 11.8. The van der Waals surface area contributed by atoms with Crippen LogP contribution in [-0.4, -0.2) is 10.2 Å². The number of aryl methyl sites for hydroxylation is 1. The molecule has 2 N–H and O–H groups in total. The molecule has 0 spiro atoms. The summed E-state index contributed by atoms with van der Waals surface area (Å²) in [4.78, 5) is 0. The smallest absolute Gasteiger partial charge is 0.140 e. The van der Waals surface area contributed by atoms with Crippen molar-refractivity contribution in [1.29, 1.82) is 0 Å². The number of halogens is 1. The van der Waals surface area contributed by atoms with Crippen LogP contribution in [0, 0.1) is 6.92 Å². The lowest BCUT2D eigenvalue weighted by Crippen LogP contribution is -2.15. The minimum Gasteiger partial charge on any atom is -0.506 e. The van der Waals surface area contributed by atoms with Gasteiger partial charge in [0.05, 0.1) is 10.6 Å². The fourth-order valence-electron chi connectivity index (χ4n) is 1.16. The lowest BCUT2D eigenvalue weighted by Gasteiger charge is -2.20. The summed E-state index contributed by atoms with van der Waals surface area (Å²) in [6.07, 6.45) is 0. The Labute approximate surface area is 82.8 Å². The number of benzene rings is 1. The highest BCUT2D eigenvalue weighted by Gasteiger charge is 2.22. The van der Waals surface area contributed by atoms with Gasteiger partial charge in [-0.1, -0.05) is 23.7 Å². The van der Waals surface area contributed by atoms with Crippen LogP contribution in [0.5, 0.6) is 5.75 Å². The first-order chi connectivity index (χ1) is 5.84. The van der Waals surface area contributed by atoms with Gasteiger partial charge in [0, 0.05) is 5.56 Å². The van der Waals surface area contributed by atoms with Gasteiger partial charge in [-0.2, -0.15) is 0 Å². The molecule has 0 unspecified atom stereocenters. The summed E-state index contributed by atoms with van der Waals surface area (Å²) in [5.74, 6) is -0.0332. The van der Waals surface area contributed by atoms with Gasteiger partial charge in [0.2, 0.25) is 0 Å². The van der Waals surface area contributed by atoms with Crippen molar-refractivity contribution in [1.82, 2.24) is 0 Å². The van der Waals surface area contributed by atoms with Crippen LogP contribution in [0.15, 0.2) is 12.1 Å². The van der Waals surface area contributed by atoms with Crippen LogP contribution in [0.4, 0.5) is 0 Å². The minimum atomic E-state index is -1.07. The van der Waals surface area contributed by atoms with Gasteiger partial charge in [-0.3, -0.25) is 0 Å². The van der Waals surface area contributed by atoms with Crippen molar-refractivity contribution < 1.29 is 10.2 Å². The van der Waals surface area contributed by atoms with E-state index in [0.29, 0.717) is 10.6 Å². The third kappa shape index (κ3) is 1.95.